The van der Waals surface area contributed by atoms with Gasteiger partial charge in [-0.1, -0.05) is 80.3 Å². The number of benzene rings is 2. The van der Waals surface area contributed by atoms with Crippen molar-refractivity contribution in [3.63, 3.8) is 0 Å². The molecule has 2 amide bonds. The van der Waals surface area contributed by atoms with Gasteiger partial charge in [0.25, 0.3) is 0 Å². The summed E-state index contributed by atoms with van der Waals surface area (Å²) in [7, 11) is 0. The standard InChI is InChI=1S/C32H47N7O2/c1-2-3-19-35-30(33)36-20-10-6-4-5-7-11-21-39-22-13-16-26-14-12-15-27(23-26)25-41-29-18-9-8-17-28(29)24-37-31(34)38-32(39)40/h2-3,8-9,12,14-15,17-18,23H,4-7,10-11,13,16,19-22,24-25H2,1H3,(H3,33,35,36)(H3,34,37,38,40). The highest BCUT2D eigenvalue weighted by molar-refractivity contribution is 5.95. The number of aryl methyl sites for hydroxylation is 1. The number of amides is 2. The molecular formula is C32H47N7O2. The Morgan fingerprint density at radius 2 is 1.88 bits per heavy atom. The quantitative estimate of drug-likeness (QED) is 0.135. The number of allylic oxidation sites excluding steroid dienone is 1. The first-order valence-electron chi connectivity index (χ1n) is 14.8. The number of carbonyl (C=O) groups is 1. The van der Waals surface area contributed by atoms with Gasteiger partial charge in [-0.3, -0.25) is 5.32 Å². The van der Waals surface area contributed by atoms with E-state index in [2.05, 4.69) is 44.9 Å². The predicted octanol–water partition coefficient (Wildman–Crippen LogP) is 4.86. The van der Waals surface area contributed by atoms with Crippen molar-refractivity contribution in [2.75, 3.05) is 26.2 Å². The van der Waals surface area contributed by atoms with E-state index in [0.29, 0.717) is 38.7 Å². The first-order chi connectivity index (χ1) is 20.0. The van der Waals surface area contributed by atoms with Crippen LogP contribution in [-0.2, 0) is 19.6 Å². The van der Waals surface area contributed by atoms with Crippen LogP contribution in [0.1, 0.15) is 68.6 Å². The molecule has 1 aliphatic heterocycles. The van der Waals surface area contributed by atoms with E-state index in [1.54, 1.807) is 0 Å². The maximum Gasteiger partial charge on any atom is 0.324 e. The normalized spacial score (nSPS) is 15.1. The summed E-state index contributed by atoms with van der Waals surface area (Å²) in [6.45, 7) is 5.58. The van der Waals surface area contributed by atoms with Gasteiger partial charge >= 0.3 is 6.03 Å². The zero-order chi connectivity index (χ0) is 29.1. The molecule has 3 rings (SSSR count). The number of fused-ring (bicyclic) bond motifs is 3. The molecule has 222 valence electrons. The number of hydrogen-bond donors (Lipinski definition) is 4. The summed E-state index contributed by atoms with van der Waals surface area (Å²) in [4.78, 5) is 23.6. The van der Waals surface area contributed by atoms with Crippen LogP contribution in [0.3, 0.4) is 0 Å². The van der Waals surface area contributed by atoms with E-state index in [9.17, 15) is 4.79 Å². The van der Waals surface area contributed by atoms with Crippen LogP contribution in [0.5, 0.6) is 5.75 Å². The molecule has 0 saturated heterocycles. The third-order valence-electron chi connectivity index (χ3n) is 6.96. The maximum atomic E-state index is 13.1. The van der Waals surface area contributed by atoms with Crippen molar-refractivity contribution >= 4 is 18.0 Å². The monoisotopic (exact) mass is 561 g/mol. The second-order valence-electron chi connectivity index (χ2n) is 10.3. The van der Waals surface area contributed by atoms with Gasteiger partial charge in [-0.05, 0) is 49.8 Å². The number of para-hydroxylation sites is 1. The molecule has 6 N–H and O–H groups in total. The Bertz CT molecular complexity index is 1160. The van der Waals surface area contributed by atoms with Crippen molar-refractivity contribution in [3.8, 4) is 5.75 Å². The van der Waals surface area contributed by atoms with Gasteiger partial charge in [0.15, 0.2) is 11.9 Å². The number of hydrogen-bond acceptors (Lipinski definition) is 5. The summed E-state index contributed by atoms with van der Waals surface area (Å²) in [5.74, 6) is 1.39. The number of guanidine groups is 2. The summed E-state index contributed by atoms with van der Waals surface area (Å²) in [6, 6.07) is 16.1. The minimum absolute atomic E-state index is 0.119. The number of rotatable bonds is 11. The molecule has 1 aliphatic rings. The molecule has 2 aromatic carbocycles. The highest BCUT2D eigenvalue weighted by Crippen LogP contribution is 2.21. The molecule has 41 heavy (non-hydrogen) atoms. The Labute approximate surface area is 245 Å². The van der Waals surface area contributed by atoms with Gasteiger partial charge in [0, 0.05) is 25.2 Å². The average molecular weight is 562 g/mol. The molecule has 0 atom stereocenters. The molecule has 0 aliphatic carbocycles. The number of nitrogens with zero attached hydrogens (tertiary/aromatic N) is 3. The fourth-order valence-corrected chi connectivity index (χ4v) is 4.66. The van der Waals surface area contributed by atoms with Crippen molar-refractivity contribution in [1.29, 1.82) is 0 Å². The number of urea groups is 1. The molecule has 0 radical (unpaired) electrons. The Kier molecular flexibility index (Phi) is 14.1. The summed E-state index contributed by atoms with van der Waals surface area (Å²) < 4.78 is 6.10. The second kappa shape index (κ2) is 18.4. The summed E-state index contributed by atoms with van der Waals surface area (Å²) in [5.41, 5.74) is 15.2. The van der Waals surface area contributed by atoms with Crippen molar-refractivity contribution in [1.82, 2.24) is 15.5 Å². The van der Waals surface area contributed by atoms with E-state index in [0.717, 1.165) is 74.8 Å². The molecule has 0 fully saturated rings. The first-order valence-corrected chi connectivity index (χ1v) is 14.8. The highest BCUT2D eigenvalue weighted by Gasteiger charge is 2.15. The lowest BCUT2D eigenvalue weighted by Gasteiger charge is -2.23. The molecule has 0 spiro atoms. The Balaban J connectivity index is 1.48. The lowest BCUT2D eigenvalue weighted by Crippen LogP contribution is -2.46. The summed E-state index contributed by atoms with van der Waals surface area (Å²) >= 11 is 0. The van der Waals surface area contributed by atoms with Crippen LogP contribution in [0, 0.1) is 0 Å². The number of nitrogens with two attached hydrogens (primary N) is 2. The molecule has 2 bridgehead atoms. The van der Waals surface area contributed by atoms with Crippen LogP contribution >= 0.6 is 0 Å². The lowest BCUT2D eigenvalue weighted by atomic mass is 10.1. The van der Waals surface area contributed by atoms with E-state index >= 15 is 0 Å². The van der Waals surface area contributed by atoms with Gasteiger partial charge in [-0.25, -0.2) is 14.8 Å². The minimum Gasteiger partial charge on any atom is -0.489 e. The van der Waals surface area contributed by atoms with Gasteiger partial charge in [0.1, 0.15) is 12.4 Å². The topological polar surface area (TPSA) is 130 Å². The van der Waals surface area contributed by atoms with Gasteiger partial charge in [0.05, 0.1) is 13.1 Å². The van der Waals surface area contributed by atoms with Crippen LogP contribution in [0.15, 0.2) is 70.7 Å². The minimum atomic E-state index is -0.198. The zero-order valence-corrected chi connectivity index (χ0v) is 24.5. The van der Waals surface area contributed by atoms with Gasteiger partial charge < -0.3 is 26.4 Å². The molecular weight excluding hydrogens is 514 g/mol. The number of unbranched alkanes of at least 4 members (excludes halogenated alkanes) is 5. The highest BCUT2D eigenvalue weighted by atomic mass is 16.5. The van der Waals surface area contributed by atoms with Crippen LogP contribution in [-0.4, -0.2) is 49.0 Å². The third-order valence-corrected chi connectivity index (χ3v) is 6.96. The van der Waals surface area contributed by atoms with Crippen molar-refractivity contribution in [3.05, 3.63) is 77.4 Å². The predicted molar refractivity (Wildman–Crippen MR) is 168 cm³/mol. The Hall–Kier alpha value is -4.01. The van der Waals surface area contributed by atoms with Gasteiger partial charge in [0.2, 0.25) is 0 Å². The molecule has 2 aromatic rings. The Morgan fingerprint density at radius 3 is 2.73 bits per heavy atom. The molecule has 9 nitrogen and oxygen atoms in total. The first kappa shape index (κ1) is 31.5. The van der Waals surface area contributed by atoms with Crippen molar-refractivity contribution in [2.45, 2.75) is 71.4 Å². The zero-order valence-electron chi connectivity index (χ0n) is 24.5. The van der Waals surface area contributed by atoms with Crippen LogP contribution in [0.25, 0.3) is 0 Å². The van der Waals surface area contributed by atoms with E-state index in [4.69, 9.17) is 16.2 Å². The van der Waals surface area contributed by atoms with E-state index in [-0.39, 0.29) is 12.0 Å². The molecule has 0 unspecified atom stereocenters. The number of aliphatic imine (C=N–C) groups is 2. The number of nitrogens with one attached hydrogen (secondary N) is 2. The lowest BCUT2D eigenvalue weighted by molar-refractivity contribution is 0.200. The van der Waals surface area contributed by atoms with Gasteiger partial charge in [-0.15, -0.1) is 0 Å². The smallest absolute Gasteiger partial charge is 0.324 e. The molecule has 0 saturated carbocycles. The fourth-order valence-electron chi connectivity index (χ4n) is 4.66. The van der Waals surface area contributed by atoms with Gasteiger partial charge in [-0.2, -0.15) is 0 Å². The van der Waals surface area contributed by atoms with E-state index in [1.807, 2.05) is 48.2 Å². The summed E-state index contributed by atoms with van der Waals surface area (Å²) in [5, 5.41) is 5.95. The molecule has 1 heterocycles. The average Bonchev–Trinajstić information content (AvgIpc) is 2.97. The summed E-state index contributed by atoms with van der Waals surface area (Å²) in [6.07, 6.45) is 12.2. The molecule has 0 aromatic heterocycles. The number of ether oxygens (including phenoxy) is 1. The largest absolute Gasteiger partial charge is 0.489 e. The van der Waals surface area contributed by atoms with Crippen LogP contribution < -0.4 is 26.8 Å². The van der Waals surface area contributed by atoms with Crippen molar-refractivity contribution in [2.24, 2.45) is 21.5 Å². The van der Waals surface area contributed by atoms with Crippen LogP contribution in [0.4, 0.5) is 4.79 Å². The van der Waals surface area contributed by atoms with E-state index in [1.165, 1.54) is 5.56 Å². The molecule has 9 heteroatoms. The maximum absolute atomic E-state index is 13.1. The third kappa shape index (κ3) is 12.4. The van der Waals surface area contributed by atoms with Crippen LogP contribution in [0.2, 0.25) is 0 Å². The van der Waals surface area contributed by atoms with E-state index < -0.39 is 0 Å². The Morgan fingerprint density at radius 1 is 1.10 bits per heavy atom. The van der Waals surface area contributed by atoms with Crippen molar-refractivity contribution < 1.29 is 9.53 Å². The fraction of sp³-hybridized carbons (Fsp3) is 0.469. The number of carbonyl (C=O) groups excluding carboxylic acids is 1. The second-order valence-corrected chi connectivity index (χ2v) is 10.3. The SMILES string of the molecule is CC=CCN=C(N)NCCCCCCCCN1CCCc2cccc(c2)COc2ccccc2CN=C(N)NC1=O.